The normalized spacial score (nSPS) is 9.85. The largest absolute Gasteiger partial charge is 0.487 e. The second-order valence-corrected chi connectivity index (χ2v) is 4.44. The predicted octanol–water partition coefficient (Wildman–Crippen LogP) is 4.16. The van der Waals surface area contributed by atoms with Gasteiger partial charge in [0.1, 0.15) is 12.4 Å². The van der Waals surface area contributed by atoms with Gasteiger partial charge in [-0.1, -0.05) is 48.5 Å². The van der Waals surface area contributed by atoms with E-state index in [4.69, 9.17) is 16.3 Å². The standard InChI is InChI=1S/C16H14ClNO2/c1-2-11-20-15-10-6-5-9-14(15)18-16(19)12-7-3-4-8-13(12)17/h2-10H,1,11H2,(H,18,19). The van der Waals surface area contributed by atoms with Crippen molar-refractivity contribution in [1.82, 2.24) is 0 Å². The average molecular weight is 288 g/mol. The Morgan fingerprint density at radius 1 is 1.20 bits per heavy atom. The monoisotopic (exact) mass is 287 g/mol. The third kappa shape index (κ3) is 3.39. The molecule has 2 aromatic rings. The smallest absolute Gasteiger partial charge is 0.257 e. The third-order valence-electron chi connectivity index (χ3n) is 2.61. The molecule has 0 radical (unpaired) electrons. The van der Waals surface area contributed by atoms with E-state index in [-0.39, 0.29) is 5.91 Å². The zero-order chi connectivity index (χ0) is 14.4. The lowest BCUT2D eigenvalue weighted by atomic mass is 10.2. The van der Waals surface area contributed by atoms with E-state index >= 15 is 0 Å². The van der Waals surface area contributed by atoms with Crippen molar-refractivity contribution < 1.29 is 9.53 Å². The number of carbonyl (C=O) groups excluding carboxylic acids is 1. The number of amides is 1. The highest BCUT2D eigenvalue weighted by Crippen LogP contribution is 2.25. The van der Waals surface area contributed by atoms with Crippen LogP contribution in [0, 0.1) is 0 Å². The summed E-state index contributed by atoms with van der Waals surface area (Å²) in [5, 5.41) is 3.21. The molecule has 2 rings (SSSR count). The summed E-state index contributed by atoms with van der Waals surface area (Å²) in [6.07, 6.45) is 1.65. The summed E-state index contributed by atoms with van der Waals surface area (Å²) in [5.74, 6) is 0.318. The van der Waals surface area contributed by atoms with E-state index in [1.54, 1.807) is 42.5 Å². The molecular weight excluding hydrogens is 274 g/mol. The third-order valence-corrected chi connectivity index (χ3v) is 2.94. The minimum atomic E-state index is -0.273. The maximum atomic E-state index is 12.2. The van der Waals surface area contributed by atoms with Crippen LogP contribution in [-0.2, 0) is 0 Å². The molecule has 2 aromatic carbocycles. The van der Waals surface area contributed by atoms with Gasteiger partial charge in [-0.3, -0.25) is 4.79 Å². The molecule has 0 saturated heterocycles. The first-order valence-electron chi connectivity index (χ1n) is 6.11. The number of hydrogen-bond acceptors (Lipinski definition) is 2. The summed E-state index contributed by atoms with van der Waals surface area (Å²) < 4.78 is 5.49. The van der Waals surface area contributed by atoms with Crippen molar-refractivity contribution in [2.45, 2.75) is 0 Å². The van der Waals surface area contributed by atoms with Crippen molar-refractivity contribution in [3.63, 3.8) is 0 Å². The van der Waals surface area contributed by atoms with Crippen molar-refractivity contribution in [2.24, 2.45) is 0 Å². The van der Waals surface area contributed by atoms with Crippen molar-refractivity contribution in [3.8, 4) is 5.75 Å². The van der Waals surface area contributed by atoms with Gasteiger partial charge in [-0.05, 0) is 24.3 Å². The molecule has 0 aromatic heterocycles. The molecule has 102 valence electrons. The van der Waals surface area contributed by atoms with Gasteiger partial charge in [0.2, 0.25) is 0 Å². The lowest BCUT2D eigenvalue weighted by Crippen LogP contribution is -2.13. The summed E-state index contributed by atoms with van der Waals surface area (Å²) in [7, 11) is 0. The van der Waals surface area contributed by atoms with Gasteiger partial charge in [0, 0.05) is 0 Å². The Bertz CT molecular complexity index is 625. The Hall–Kier alpha value is -2.26. The highest BCUT2D eigenvalue weighted by atomic mass is 35.5. The van der Waals surface area contributed by atoms with Gasteiger partial charge in [-0.2, -0.15) is 0 Å². The van der Waals surface area contributed by atoms with Crippen LogP contribution in [0.15, 0.2) is 61.2 Å². The summed E-state index contributed by atoms with van der Waals surface area (Å²) in [6.45, 7) is 3.97. The second-order valence-electron chi connectivity index (χ2n) is 4.03. The van der Waals surface area contributed by atoms with Crippen LogP contribution in [0.2, 0.25) is 5.02 Å². The second kappa shape index (κ2) is 6.78. The molecule has 0 aliphatic carbocycles. The number of ether oxygens (including phenoxy) is 1. The summed E-state index contributed by atoms with van der Waals surface area (Å²) in [6, 6.07) is 14.1. The van der Waals surface area contributed by atoms with Crippen molar-refractivity contribution in [1.29, 1.82) is 0 Å². The predicted molar refractivity (Wildman–Crippen MR) is 81.5 cm³/mol. The summed E-state index contributed by atoms with van der Waals surface area (Å²) in [4.78, 5) is 12.2. The van der Waals surface area contributed by atoms with E-state index in [1.807, 2.05) is 12.1 Å². The molecule has 0 bridgehead atoms. The van der Waals surface area contributed by atoms with E-state index in [0.717, 1.165) is 0 Å². The van der Waals surface area contributed by atoms with Gasteiger partial charge >= 0.3 is 0 Å². The van der Waals surface area contributed by atoms with Crippen molar-refractivity contribution in [3.05, 3.63) is 71.8 Å². The van der Waals surface area contributed by atoms with Crippen LogP contribution in [0.25, 0.3) is 0 Å². The molecule has 0 aliphatic rings. The molecule has 4 heteroatoms. The quantitative estimate of drug-likeness (QED) is 0.839. The van der Waals surface area contributed by atoms with Crippen LogP contribution < -0.4 is 10.1 Å². The van der Waals surface area contributed by atoms with Crippen LogP contribution in [0.4, 0.5) is 5.69 Å². The van der Waals surface area contributed by atoms with Crippen LogP contribution >= 0.6 is 11.6 Å². The number of nitrogens with one attached hydrogen (secondary N) is 1. The van der Waals surface area contributed by atoms with Crippen molar-refractivity contribution >= 4 is 23.2 Å². The van der Waals surface area contributed by atoms with Gasteiger partial charge in [0.15, 0.2) is 0 Å². The van der Waals surface area contributed by atoms with Crippen molar-refractivity contribution in [2.75, 3.05) is 11.9 Å². The number of benzene rings is 2. The molecule has 0 spiro atoms. The SMILES string of the molecule is C=CCOc1ccccc1NC(=O)c1ccccc1Cl. The lowest BCUT2D eigenvalue weighted by molar-refractivity contribution is 0.102. The lowest BCUT2D eigenvalue weighted by Gasteiger charge is -2.11. The van der Waals surface area contributed by atoms with E-state index in [0.29, 0.717) is 28.6 Å². The summed E-state index contributed by atoms with van der Waals surface area (Å²) in [5.41, 5.74) is 1.02. The minimum absolute atomic E-state index is 0.273. The number of rotatable bonds is 5. The topological polar surface area (TPSA) is 38.3 Å². The van der Waals surface area contributed by atoms with E-state index in [2.05, 4.69) is 11.9 Å². The highest BCUT2D eigenvalue weighted by molar-refractivity contribution is 6.34. The first-order valence-corrected chi connectivity index (χ1v) is 6.49. The molecule has 0 unspecified atom stereocenters. The zero-order valence-corrected chi connectivity index (χ0v) is 11.6. The number of hydrogen-bond donors (Lipinski definition) is 1. The summed E-state index contributed by atoms with van der Waals surface area (Å²) >= 11 is 6.00. The number of carbonyl (C=O) groups is 1. The van der Waals surface area contributed by atoms with Gasteiger partial charge in [-0.25, -0.2) is 0 Å². The average Bonchev–Trinajstić information content (AvgIpc) is 2.46. The Morgan fingerprint density at radius 2 is 1.90 bits per heavy atom. The van der Waals surface area contributed by atoms with Gasteiger partial charge < -0.3 is 10.1 Å². The molecule has 1 amide bonds. The van der Waals surface area contributed by atoms with Gasteiger partial charge in [-0.15, -0.1) is 0 Å². The van der Waals surface area contributed by atoms with Gasteiger partial charge in [0.05, 0.1) is 16.3 Å². The van der Waals surface area contributed by atoms with Crippen LogP contribution in [0.3, 0.4) is 0 Å². The molecule has 0 fully saturated rings. The molecule has 0 heterocycles. The van der Waals surface area contributed by atoms with Crippen LogP contribution in [-0.4, -0.2) is 12.5 Å². The Labute approximate surface area is 122 Å². The number of anilines is 1. The molecule has 3 nitrogen and oxygen atoms in total. The van der Waals surface area contributed by atoms with E-state index in [9.17, 15) is 4.79 Å². The zero-order valence-electron chi connectivity index (χ0n) is 10.8. The molecule has 0 atom stereocenters. The van der Waals surface area contributed by atoms with Crippen LogP contribution in [0.1, 0.15) is 10.4 Å². The van der Waals surface area contributed by atoms with Crippen LogP contribution in [0.5, 0.6) is 5.75 Å². The maximum Gasteiger partial charge on any atom is 0.257 e. The van der Waals surface area contributed by atoms with Gasteiger partial charge in [0.25, 0.3) is 5.91 Å². The molecule has 0 aliphatic heterocycles. The maximum absolute atomic E-state index is 12.2. The first-order chi connectivity index (χ1) is 9.72. The minimum Gasteiger partial charge on any atom is -0.487 e. The molecule has 1 N–H and O–H groups in total. The Balaban J connectivity index is 2.20. The Kier molecular flexibility index (Phi) is 4.80. The fourth-order valence-electron chi connectivity index (χ4n) is 1.68. The number of halogens is 1. The Morgan fingerprint density at radius 3 is 2.65 bits per heavy atom. The van der Waals surface area contributed by atoms with E-state index in [1.165, 1.54) is 0 Å². The first kappa shape index (κ1) is 14.2. The molecule has 20 heavy (non-hydrogen) atoms. The highest BCUT2D eigenvalue weighted by Gasteiger charge is 2.12. The fourth-order valence-corrected chi connectivity index (χ4v) is 1.90. The fraction of sp³-hybridized carbons (Fsp3) is 0.0625. The molecule has 0 saturated carbocycles. The number of para-hydroxylation sites is 2. The van der Waals surface area contributed by atoms with E-state index < -0.39 is 0 Å². The molecular formula is C16H14ClNO2.